The van der Waals surface area contributed by atoms with E-state index in [0.29, 0.717) is 25.5 Å². The fourth-order valence-electron chi connectivity index (χ4n) is 3.21. The lowest BCUT2D eigenvalue weighted by atomic mass is 9.93. The van der Waals surface area contributed by atoms with E-state index in [4.69, 9.17) is 4.74 Å². The van der Waals surface area contributed by atoms with Gasteiger partial charge in [-0.3, -0.25) is 4.79 Å². The molecule has 4 nitrogen and oxygen atoms in total. The predicted molar refractivity (Wildman–Crippen MR) is 97.3 cm³/mol. The topological polar surface area (TPSA) is 50.4 Å². The first-order valence-corrected chi connectivity index (χ1v) is 8.90. The second kappa shape index (κ2) is 8.69. The number of amides is 1. The van der Waals surface area contributed by atoms with E-state index in [2.05, 4.69) is 28.8 Å². The molecule has 1 amide bonds. The van der Waals surface area contributed by atoms with E-state index in [-0.39, 0.29) is 5.91 Å². The molecule has 0 saturated carbocycles. The molecule has 0 bridgehead atoms. The Balaban J connectivity index is 1.34. The van der Waals surface area contributed by atoms with Crippen LogP contribution in [0.4, 0.5) is 0 Å². The second-order valence-corrected chi connectivity index (χ2v) is 6.44. The van der Waals surface area contributed by atoms with Crippen molar-refractivity contribution in [3.63, 3.8) is 0 Å². The summed E-state index contributed by atoms with van der Waals surface area (Å²) in [7, 11) is 0. The van der Waals surface area contributed by atoms with Crippen LogP contribution < -0.4 is 15.4 Å². The molecule has 0 radical (unpaired) electrons. The number of fused-ring (bicyclic) bond motifs is 1. The van der Waals surface area contributed by atoms with Gasteiger partial charge in [-0.15, -0.1) is 0 Å². The first kappa shape index (κ1) is 16.8. The van der Waals surface area contributed by atoms with Gasteiger partial charge in [0, 0.05) is 6.42 Å². The van der Waals surface area contributed by atoms with E-state index in [1.807, 2.05) is 24.3 Å². The molecule has 1 heterocycles. The van der Waals surface area contributed by atoms with Gasteiger partial charge >= 0.3 is 0 Å². The van der Waals surface area contributed by atoms with Crippen molar-refractivity contribution >= 4 is 16.7 Å². The predicted octanol–water partition coefficient (Wildman–Crippen LogP) is 3.11. The number of rotatable bonds is 7. The third kappa shape index (κ3) is 4.96. The van der Waals surface area contributed by atoms with Gasteiger partial charge in [0.25, 0.3) is 0 Å². The largest absolute Gasteiger partial charge is 0.492 e. The summed E-state index contributed by atoms with van der Waals surface area (Å²) in [6.07, 6.45) is 4.01. The van der Waals surface area contributed by atoms with Gasteiger partial charge in [-0.25, -0.2) is 0 Å². The van der Waals surface area contributed by atoms with Crippen LogP contribution in [0.5, 0.6) is 5.75 Å². The molecular formula is C20H26N2O2. The molecule has 0 unspecified atom stereocenters. The highest BCUT2D eigenvalue weighted by atomic mass is 16.5. The summed E-state index contributed by atoms with van der Waals surface area (Å²) in [6.45, 7) is 3.23. The molecule has 2 aromatic rings. The summed E-state index contributed by atoms with van der Waals surface area (Å²) in [4.78, 5) is 11.9. The fraction of sp³-hybridized carbons (Fsp3) is 0.450. The number of piperidine rings is 1. The van der Waals surface area contributed by atoms with Gasteiger partial charge in [0.1, 0.15) is 12.4 Å². The Bertz CT molecular complexity index is 665. The second-order valence-electron chi connectivity index (χ2n) is 6.44. The summed E-state index contributed by atoms with van der Waals surface area (Å²) < 4.78 is 5.74. The minimum atomic E-state index is 0.135. The maximum absolute atomic E-state index is 11.9. The summed E-state index contributed by atoms with van der Waals surface area (Å²) in [5.74, 6) is 1.68. The minimum Gasteiger partial charge on any atom is -0.492 e. The van der Waals surface area contributed by atoms with Crippen molar-refractivity contribution < 1.29 is 9.53 Å². The lowest BCUT2D eigenvalue weighted by Crippen LogP contribution is -2.30. The Morgan fingerprint density at radius 1 is 1.12 bits per heavy atom. The minimum absolute atomic E-state index is 0.135. The highest BCUT2D eigenvalue weighted by Gasteiger charge is 2.14. The highest BCUT2D eigenvalue weighted by Crippen LogP contribution is 2.20. The Hall–Kier alpha value is -2.07. The van der Waals surface area contributed by atoms with E-state index in [0.717, 1.165) is 25.3 Å². The van der Waals surface area contributed by atoms with E-state index in [9.17, 15) is 4.79 Å². The van der Waals surface area contributed by atoms with Crippen LogP contribution in [-0.2, 0) is 4.79 Å². The van der Waals surface area contributed by atoms with Gasteiger partial charge in [-0.05, 0) is 61.2 Å². The average Bonchev–Trinajstić information content (AvgIpc) is 2.64. The Morgan fingerprint density at radius 2 is 1.92 bits per heavy atom. The molecule has 3 rings (SSSR count). The molecule has 1 fully saturated rings. The van der Waals surface area contributed by atoms with Crippen molar-refractivity contribution in [1.29, 1.82) is 0 Å². The Labute approximate surface area is 143 Å². The lowest BCUT2D eigenvalue weighted by Gasteiger charge is -2.22. The van der Waals surface area contributed by atoms with E-state index in [1.54, 1.807) is 0 Å². The zero-order chi connectivity index (χ0) is 16.6. The number of nitrogens with one attached hydrogen (secondary N) is 2. The van der Waals surface area contributed by atoms with Crippen LogP contribution >= 0.6 is 0 Å². The normalized spacial score (nSPS) is 15.3. The standard InChI is InChI=1S/C20H26N2O2/c23-20(8-5-16-9-11-21-12-10-16)22-13-14-24-19-7-6-17-3-1-2-4-18(17)15-19/h1-4,6-7,15-16,21H,5,8-14H2,(H,22,23). The first-order valence-electron chi connectivity index (χ1n) is 8.90. The van der Waals surface area contributed by atoms with Gasteiger partial charge in [0.15, 0.2) is 0 Å². The fourth-order valence-corrected chi connectivity index (χ4v) is 3.21. The molecule has 1 aliphatic heterocycles. The molecule has 0 aromatic heterocycles. The third-order valence-corrected chi connectivity index (χ3v) is 4.65. The number of hydrogen-bond donors (Lipinski definition) is 2. The van der Waals surface area contributed by atoms with E-state index in [1.165, 1.54) is 23.6 Å². The molecule has 128 valence electrons. The number of carbonyl (C=O) groups excluding carboxylic acids is 1. The van der Waals surface area contributed by atoms with Crippen LogP contribution in [0.3, 0.4) is 0 Å². The SMILES string of the molecule is O=C(CCC1CCNCC1)NCCOc1ccc2ccccc2c1. The maximum atomic E-state index is 11.9. The van der Waals surface area contributed by atoms with Crippen LogP contribution in [-0.4, -0.2) is 32.1 Å². The van der Waals surface area contributed by atoms with Crippen molar-refractivity contribution in [2.24, 2.45) is 5.92 Å². The van der Waals surface area contributed by atoms with Crippen molar-refractivity contribution in [2.45, 2.75) is 25.7 Å². The molecular weight excluding hydrogens is 300 g/mol. The molecule has 4 heteroatoms. The van der Waals surface area contributed by atoms with Gasteiger partial charge in [0.2, 0.25) is 5.91 Å². The van der Waals surface area contributed by atoms with E-state index >= 15 is 0 Å². The highest BCUT2D eigenvalue weighted by molar-refractivity contribution is 5.83. The number of benzene rings is 2. The molecule has 1 saturated heterocycles. The van der Waals surface area contributed by atoms with Crippen LogP contribution in [0, 0.1) is 5.92 Å². The summed E-state index contributed by atoms with van der Waals surface area (Å²) >= 11 is 0. The van der Waals surface area contributed by atoms with Crippen LogP contribution in [0.1, 0.15) is 25.7 Å². The molecule has 24 heavy (non-hydrogen) atoms. The molecule has 0 spiro atoms. The number of ether oxygens (including phenoxy) is 1. The van der Waals surface area contributed by atoms with Crippen molar-refractivity contribution in [1.82, 2.24) is 10.6 Å². The molecule has 0 atom stereocenters. The van der Waals surface area contributed by atoms with Crippen molar-refractivity contribution in [3.8, 4) is 5.75 Å². The molecule has 2 aromatic carbocycles. The van der Waals surface area contributed by atoms with Gasteiger partial charge in [0.05, 0.1) is 6.54 Å². The van der Waals surface area contributed by atoms with E-state index < -0.39 is 0 Å². The molecule has 0 aliphatic carbocycles. The van der Waals surface area contributed by atoms with Crippen molar-refractivity contribution in [3.05, 3.63) is 42.5 Å². The molecule has 2 N–H and O–H groups in total. The van der Waals surface area contributed by atoms with Crippen LogP contribution in [0.15, 0.2) is 42.5 Å². The number of hydrogen-bond acceptors (Lipinski definition) is 3. The van der Waals surface area contributed by atoms with Crippen LogP contribution in [0.2, 0.25) is 0 Å². The summed E-state index contributed by atoms with van der Waals surface area (Å²) in [5.41, 5.74) is 0. The van der Waals surface area contributed by atoms with Gasteiger partial charge in [-0.2, -0.15) is 0 Å². The zero-order valence-corrected chi connectivity index (χ0v) is 14.1. The Morgan fingerprint density at radius 3 is 2.75 bits per heavy atom. The smallest absolute Gasteiger partial charge is 0.220 e. The monoisotopic (exact) mass is 326 g/mol. The summed E-state index contributed by atoms with van der Waals surface area (Å²) in [6, 6.07) is 14.3. The number of carbonyl (C=O) groups is 1. The average molecular weight is 326 g/mol. The van der Waals surface area contributed by atoms with Gasteiger partial charge in [-0.1, -0.05) is 30.3 Å². The zero-order valence-electron chi connectivity index (χ0n) is 14.1. The quantitative estimate of drug-likeness (QED) is 0.769. The maximum Gasteiger partial charge on any atom is 0.220 e. The molecule has 1 aliphatic rings. The Kier molecular flexibility index (Phi) is 6.07. The van der Waals surface area contributed by atoms with Crippen LogP contribution in [0.25, 0.3) is 10.8 Å². The third-order valence-electron chi connectivity index (χ3n) is 4.65. The lowest BCUT2D eigenvalue weighted by molar-refractivity contribution is -0.121. The first-order chi connectivity index (χ1) is 11.8. The van der Waals surface area contributed by atoms with Gasteiger partial charge < -0.3 is 15.4 Å². The summed E-state index contributed by atoms with van der Waals surface area (Å²) in [5, 5.41) is 8.68. The van der Waals surface area contributed by atoms with Crippen molar-refractivity contribution in [2.75, 3.05) is 26.2 Å².